The van der Waals surface area contributed by atoms with Gasteiger partial charge in [-0.15, -0.1) is 0 Å². The molecule has 0 aliphatic rings. The van der Waals surface area contributed by atoms with Gasteiger partial charge in [0.15, 0.2) is 0 Å². The molecule has 0 aliphatic carbocycles. The number of rotatable bonds is 4. The van der Waals surface area contributed by atoms with Crippen molar-refractivity contribution in [2.75, 3.05) is 6.61 Å². The Bertz CT molecular complexity index is 908. The molecule has 1 aromatic heterocycles. The minimum absolute atomic E-state index is 0.170. The zero-order chi connectivity index (χ0) is 17.1. The van der Waals surface area contributed by atoms with Crippen molar-refractivity contribution < 1.29 is 14.6 Å². The van der Waals surface area contributed by atoms with Gasteiger partial charge in [0.05, 0.1) is 28.9 Å². The van der Waals surface area contributed by atoms with E-state index < -0.39 is 0 Å². The summed E-state index contributed by atoms with van der Waals surface area (Å²) in [4.78, 5) is 16.0. The highest BCUT2D eigenvalue weighted by atomic mass is 16.5. The summed E-state index contributed by atoms with van der Waals surface area (Å²) in [6.45, 7) is 2.12. The minimum Gasteiger partial charge on any atom is -0.494 e. The molecule has 3 aromatic rings. The normalized spacial score (nSPS) is 11.2. The van der Waals surface area contributed by atoms with Gasteiger partial charge in [0.25, 0.3) is 0 Å². The molecule has 5 heteroatoms. The van der Waals surface area contributed by atoms with Crippen LogP contribution in [0.1, 0.15) is 22.8 Å². The highest BCUT2D eigenvalue weighted by Crippen LogP contribution is 2.29. The van der Waals surface area contributed by atoms with E-state index >= 15 is 0 Å². The van der Waals surface area contributed by atoms with Crippen molar-refractivity contribution in [3.63, 3.8) is 0 Å². The molecule has 0 fully saturated rings. The number of aryl methyl sites for hydroxylation is 1. The lowest BCUT2D eigenvalue weighted by atomic mass is 10.2. The number of hydrogen-bond donors (Lipinski definition) is 1. The van der Waals surface area contributed by atoms with Crippen molar-refractivity contribution in [1.29, 1.82) is 0 Å². The Morgan fingerprint density at radius 1 is 1.21 bits per heavy atom. The number of aromatic nitrogens is 1. The first-order valence-corrected chi connectivity index (χ1v) is 7.69. The van der Waals surface area contributed by atoms with Crippen LogP contribution in [0, 0.1) is 0 Å². The monoisotopic (exact) mass is 322 g/mol. The molecule has 1 N–H and O–H groups in total. The van der Waals surface area contributed by atoms with Crippen LogP contribution < -0.4 is 0 Å². The molecule has 0 unspecified atom stereocenters. The summed E-state index contributed by atoms with van der Waals surface area (Å²) in [6.07, 6.45) is 1.64. The van der Waals surface area contributed by atoms with Crippen LogP contribution in [0.25, 0.3) is 10.9 Å². The van der Waals surface area contributed by atoms with Gasteiger partial charge in [-0.05, 0) is 37.3 Å². The SMILES string of the molecule is CCOC(=O)c1ccc(N=Cc2c(O)n(C)c3ccccc23)cc1. The summed E-state index contributed by atoms with van der Waals surface area (Å²) in [6, 6.07) is 14.6. The summed E-state index contributed by atoms with van der Waals surface area (Å²) in [5.74, 6) is -0.178. The van der Waals surface area contributed by atoms with E-state index in [1.165, 1.54) is 0 Å². The summed E-state index contributed by atoms with van der Waals surface area (Å²) >= 11 is 0. The molecular weight excluding hydrogens is 304 g/mol. The number of benzene rings is 2. The number of esters is 1. The second-order valence-corrected chi connectivity index (χ2v) is 5.34. The lowest BCUT2D eigenvalue weighted by molar-refractivity contribution is 0.0526. The summed E-state index contributed by atoms with van der Waals surface area (Å²) in [7, 11) is 1.81. The number of aliphatic imine (C=N–C) groups is 1. The van der Waals surface area contributed by atoms with Crippen molar-refractivity contribution in [3.05, 3.63) is 59.7 Å². The molecule has 2 aromatic carbocycles. The van der Waals surface area contributed by atoms with Crippen molar-refractivity contribution in [3.8, 4) is 5.88 Å². The Morgan fingerprint density at radius 2 is 1.92 bits per heavy atom. The smallest absolute Gasteiger partial charge is 0.338 e. The van der Waals surface area contributed by atoms with Crippen molar-refractivity contribution in [2.45, 2.75) is 6.92 Å². The Hall–Kier alpha value is -3.08. The van der Waals surface area contributed by atoms with E-state index in [-0.39, 0.29) is 11.8 Å². The third-order valence-electron chi connectivity index (χ3n) is 3.84. The van der Waals surface area contributed by atoms with Crippen LogP contribution in [0.5, 0.6) is 5.88 Å². The molecule has 24 heavy (non-hydrogen) atoms. The number of fused-ring (bicyclic) bond motifs is 1. The predicted molar refractivity (Wildman–Crippen MR) is 94.2 cm³/mol. The number of aromatic hydroxyl groups is 1. The van der Waals surface area contributed by atoms with Gasteiger partial charge in [0, 0.05) is 18.6 Å². The molecule has 0 atom stereocenters. The van der Waals surface area contributed by atoms with E-state index in [0.717, 1.165) is 10.9 Å². The predicted octanol–water partition coefficient (Wildman–Crippen LogP) is 3.81. The van der Waals surface area contributed by atoms with Gasteiger partial charge in [0.1, 0.15) is 0 Å². The van der Waals surface area contributed by atoms with Gasteiger partial charge in [-0.3, -0.25) is 4.99 Å². The molecule has 0 spiro atoms. The second kappa shape index (κ2) is 6.58. The maximum atomic E-state index is 11.6. The zero-order valence-electron chi connectivity index (χ0n) is 13.6. The minimum atomic E-state index is -0.347. The lowest BCUT2D eigenvalue weighted by Crippen LogP contribution is -2.03. The number of nitrogens with zero attached hydrogens (tertiary/aromatic N) is 2. The van der Waals surface area contributed by atoms with Gasteiger partial charge in [-0.2, -0.15) is 0 Å². The number of carbonyl (C=O) groups is 1. The van der Waals surface area contributed by atoms with Crippen LogP contribution in [0.15, 0.2) is 53.5 Å². The largest absolute Gasteiger partial charge is 0.494 e. The molecule has 0 aliphatic heterocycles. The Kier molecular flexibility index (Phi) is 4.33. The molecular formula is C19H18N2O3. The average molecular weight is 322 g/mol. The standard InChI is InChI=1S/C19H18N2O3/c1-3-24-19(23)13-8-10-14(11-9-13)20-12-16-15-6-4-5-7-17(15)21(2)18(16)22/h4-12,22H,3H2,1-2H3. The highest BCUT2D eigenvalue weighted by Gasteiger charge is 2.12. The van der Waals surface area contributed by atoms with Gasteiger partial charge in [-0.1, -0.05) is 18.2 Å². The number of ether oxygens (including phenoxy) is 1. The van der Waals surface area contributed by atoms with Crippen LogP contribution in [0.4, 0.5) is 5.69 Å². The van der Waals surface area contributed by atoms with Crippen LogP contribution in [-0.2, 0) is 11.8 Å². The zero-order valence-corrected chi connectivity index (χ0v) is 13.6. The van der Waals surface area contributed by atoms with Crippen LogP contribution in [-0.4, -0.2) is 28.5 Å². The molecule has 0 amide bonds. The Morgan fingerprint density at radius 3 is 2.62 bits per heavy atom. The molecule has 0 saturated heterocycles. The lowest BCUT2D eigenvalue weighted by Gasteiger charge is -2.01. The van der Waals surface area contributed by atoms with Gasteiger partial charge < -0.3 is 14.4 Å². The molecule has 0 bridgehead atoms. The van der Waals surface area contributed by atoms with Gasteiger partial charge >= 0.3 is 5.97 Å². The van der Waals surface area contributed by atoms with E-state index in [0.29, 0.717) is 23.4 Å². The third kappa shape index (κ3) is 2.88. The van der Waals surface area contributed by atoms with Gasteiger partial charge in [0.2, 0.25) is 5.88 Å². The second-order valence-electron chi connectivity index (χ2n) is 5.34. The maximum Gasteiger partial charge on any atom is 0.338 e. The van der Waals surface area contributed by atoms with Crippen molar-refractivity contribution in [2.24, 2.45) is 12.0 Å². The molecule has 3 rings (SSSR count). The Labute approximate surface area is 139 Å². The van der Waals surface area contributed by atoms with E-state index in [1.54, 1.807) is 42.0 Å². The Balaban J connectivity index is 1.89. The fourth-order valence-corrected chi connectivity index (χ4v) is 2.57. The summed E-state index contributed by atoms with van der Waals surface area (Å²) in [5.41, 5.74) is 2.79. The fraction of sp³-hybridized carbons (Fsp3) is 0.158. The first kappa shape index (κ1) is 15.8. The number of hydrogen-bond acceptors (Lipinski definition) is 4. The van der Waals surface area contributed by atoms with Gasteiger partial charge in [-0.25, -0.2) is 4.79 Å². The number of carbonyl (C=O) groups excluding carboxylic acids is 1. The van der Waals surface area contributed by atoms with Crippen LogP contribution in [0.2, 0.25) is 0 Å². The summed E-state index contributed by atoms with van der Waals surface area (Å²) in [5, 5.41) is 11.2. The van der Waals surface area contributed by atoms with Crippen molar-refractivity contribution >= 4 is 28.8 Å². The first-order valence-electron chi connectivity index (χ1n) is 7.69. The topological polar surface area (TPSA) is 63.8 Å². The highest BCUT2D eigenvalue weighted by molar-refractivity contribution is 6.03. The van der Waals surface area contributed by atoms with Crippen LogP contribution in [0.3, 0.4) is 0 Å². The average Bonchev–Trinajstić information content (AvgIpc) is 2.85. The molecule has 122 valence electrons. The fourth-order valence-electron chi connectivity index (χ4n) is 2.57. The van der Waals surface area contributed by atoms with E-state index in [1.807, 2.05) is 31.3 Å². The quantitative estimate of drug-likeness (QED) is 0.587. The van der Waals surface area contributed by atoms with Crippen molar-refractivity contribution in [1.82, 2.24) is 4.57 Å². The van der Waals surface area contributed by atoms with E-state index in [2.05, 4.69) is 4.99 Å². The number of para-hydroxylation sites is 1. The van der Waals surface area contributed by atoms with E-state index in [4.69, 9.17) is 4.74 Å². The maximum absolute atomic E-state index is 11.6. The third-order valence-corrected chi connectivity index (χ3v) is 3.84. The molecule has 1 heterocycles. The molecule has 0 radical (unpaired) electrons. The van der Waals surface area contributed by atoms with E-state index in [9.17, 15) is 9.90 Å². The molecule has 5 nitrogen and oxygen atoms in total. The summed E-state index contributed by atoms with van der Waals surface area (Å²) < 4.78 is 6.67. The molecule has 0 saturated carbocycles. The first-order chi connectivity index (χ1) is 11.6. The van der Waals surface area contributed by atoms with Crippen LogP contribution >= 0.6 is 0 Å².